The van der Waals surface area contributed by atoms with E-state index in [1.807, 2.05) is 49.5 Å². The molecule has 0 bridgehead atoms. The van der Waals surface area contributed by atoms with Crippen molar-refractivity contribution in [1.29, 1.82) is 0 Å². The Morgan fingerprint density at radius 1 is 1.06 bits per heavy atom. The zero-order valence-corrected chi connectivity index (χ0v) is 18.3. The summed E-state index contributed by atoms with van der Waals surface area (Å²) in [6.07, 6.45) is 1.96. The Kier molecular flexibility index (Phi) is 6.23. The molecule has 0 aliphatic carbocycles. The summed E-state index contributed by atoms with van der Waals surface area (Å²) in [6, 6.07) is 16.2. The second kappa shape index (κ2) is 9.22. The van der Waals surface area contributed by atoms with E-state index in [0.717, 1.165) is 41.4 Å². The molecule has 1 aliphatic heterocycles. The van der Waals surface area contributed by atoms with Crippen LogP contribution in [-0.2, 0) is 16.1 Å². The highest BCUT2D eigenvalue weighted by molar-refractivity contribution is 5.91. The fraction of sp³-hybridized carbons (Fsp3) is 0.333. The average Bonchev–Trinajstić information content (AvgIpc) is 3.19. The zero-order chi connectivity index (χ0) is 21.8. The van der Waals surface area contributed by atoms with Gasteiger partial charge in [-0.2, -0.15) is 5.10 Å². The van der Waals surface area contributed by atoms with Gasteiger partial charge in [0.15, 0.2) is 5.82 Å². The number of benzene rings is 2. The third-order valence-electron chi connectivity index (χ3n) is 5.39. The van der Waals surface area contributed by atoms with Crippen LogP contribution < -0.4 is 15.1 Å². The predicted molar refractivity (Wildman–Crippen MR) is 125 cm³/mol. The fourth-order valence-electron chi connectivity index (χ4n) is 3.63. The van der Waals surface area contributed by atoms with E-state index in [2.05, 4.69) is 41.4 Å². The topological polar surface area (TPSA) is 62.6 Å². The van der Waals surface area contributed by atoms with E-state index in [1.165, 1.54) is 5.56 Å². The van der Waals surface area contributed by atoms with Gasteiger partial charge < -0.3 is 19.9 Å². The van der Waals surface area contributed by atoms with Gasteiger partial charge in [0.2, 0.25) is 5.91 Å². The summed E-state index contributed by atoms with van der Waals surface area (Å²) in [4.78, 5) is 16.9. The monoisotopic (exact) mass is 419 g/mol. The van der Waals surface area contributed by atoms with Crippen LogP contribution in [0.25, 0.3) is 11.1 Å². The molecule has 0 unspecified atom stereocenters. The number of hydrogen-bond donors (Lipinski definition) is 1. The first kappa shape index (κ1) is 20.9. The molecule has 1 fully saturated rings. The second-order valence-electron chi connectivity index (χ2n) is 8.02. The van der Waals surface area contributed by atoms with Crippen LogP contribution in [-0.4, -0.2) is 56.1 Å². The van der Waals surface area contributed by atoms with Crippen LogP contribution in [0.2, 0.25) is 0 Å². The van der Waals surface area contributed by atoms with Crippen molar-refractivity contribution in [3.63, 3.8) is 0 Å². The molecule has 0 radical (unpaired) electrons. The lowest BCUT2D eigenvalue weighted by Gasteiger charge is -2.27. The molecule has 1 saturated heterocycles. The molecule has 0 atom stereocenters. The Hall–Kier alpha value is -3.32. The molecule has 0 saturated carbocycles. The van der Waals surface area contributed by atoms with E-state index < -0.39 is 0 Å². The second-order valence-corrected chi connectivity index (χ2v) is 8.02. The van der Waals surface area contributed by atoms with Gasteiger partial charge in [-0.25, -0.2) is 0 Å². The van der Waals surface area contributed by atoms with Crippen molar-refractivity contribution >= 4 is 23.1 Å². The number of aromatic nitrogens is 2. The first-order chi connectivity index (χ1) is 15.0. The van der Waals surface area contributed by atoms with Crippen molar-refractivity contribution < 1.29 is 9.53 Å². The van der Waals surface area contributed by atoms with Gasteiger partial charge in [-0.3, -0.25) is 9.48 Å². The number of nitrogens with zero attached hydrogens (tertiary/aromatic N) is 4. The van der Waals surface area contributed by atoms with E-state index in [-0.39, 0.29) is 12.5 Å². The van der Waals surface area contributed by atoms with Gasteiger partial charge in [0, 0.05) is 50.3 Å². The molecule has 1 amide bonds. The standard InChI is InChI=1S/C24H29N5O2/c1-18-4-6-19(7-5-18)22-16-29(26-24(22)28-12-14-31-15-13-28)17-23(30)25-20-8-10-21(11-9-20)27(2)3/h4-11,16H,12-15,17H2,1-3H3,(H,25,30). The number of rotatable bonds is 6. The number of morpholine rings is 1. The molecule has 0 spiro atoms. The number of amides is 1. The SMILES string of the molecule is Cc1ccc(-c2cn(CC(=O)Nc3ccc(N(C)C)cc3)nc2N2CCOCC2)cc1. The first-order valence-electron chi connectivity index (χ1n) is 10.5. The lowest BCUT2D eigenvalue weighted by Crippen LogP contribution is -2.36. The van der Waals surface area contributed by atoms with E-state index in [1.54, 1.807) is 4.68 Å². The molecule has 4 rings (SSSR count). The molecule has 1 aromatic heterocycles. The molecule has 2 aromatic carbocycles. The maximum Gasteiger partial charge on any atom is 0.246 e. The number of ether oxygens (including phenoxy) is 1. The smallest absolute Gasteiger partial charge is 0.246 e. The Morgan fingerprint density at radius 3 is 2.39 bits per heavy atom. The molecule has 162 valence electrons. The summed E-state index contributed by atoms with van der Waals surface area (Å²) < 4.78 is 7.23. The third-order valence-corrected chi connectivity index (χ3v) is 5.39. The Bertz CT molecular complexity index is 1020. The fourth-order valence-corrected chi connectivity index (χ4v) is 3.63. The summed E-state index contributed by atoms with van der Waals surface area (Å²) in [5, 5.41) is 7.73. The van der Waals surface area contributed by atoms with Crippen LogP contribution in [0.3, 0.4) is 0 Å². The van der Waals surface area contributed by atoms with Crippen molar-refractivity contribution in [2.75, 3.05) is 55.5 Å². The number of carbonyl (C=O) groups is 1. The number of nitrogens with one attached hydrogen (secondary N) is 1. The summed E-state index contributed by atoms with van der Waals surface area (Å²) in [7, 11) is 3.98. The summed E-state index contributed by atoms with van der Waals surface area (Å²) in [5.41, 5.74) is 5.20. The normalized spacial score (nSPS) is 13.8. The van der Waals surface area contributed by atoms with Crippen molar-refractivity contribution in [2.24, 2.45) is 0 Å². The minimum Gasteiger partial charge on any atom is -0.378 e. The van der Waals surface area contributed by atoms with Gasteiger partial charge in [-0.05, 0) is 36.8 Å². The molecule has 3 aromatic rings. The van der Waals surface area contributed by atoms with Crippen LogP contribution >= 0.6 is 0 Å². The molecular weight excluding hydrogens is 390 g/mol. The zero-order valence-electron chi connectivity index (χ0n) is 18.3. The number of aryl methyl sites for hydroxylation is 1. The van der Waals surface area contributed by atoms with Gasteiger partial charge in [0.25, 0.3) is 0 Å². The predicted octanol–water partition coefficient (Wildman–Crippen LogP) is 3.40. The number of hydrogen-bond acceptors (Lipinski definition) is 5. The summed E-state index contributed by atoms with van der Waals surface area (Å²) >= 11 is 0. The Balaban J connectivity index is 1.53. The maximum atomic E-state index is 12.7. The van der Waals surface area contributed by atoms with Gasteiger partial charge in [-0.1, -0.05) is 29.8 Å². The van der Waals surface area contributed by atoms with Crippen LogP contribution in [0.15, 0.2) is 54.7 Å². The van der Waals surface area contributed by atoms with Gasteiger partial charge in [0.1, 0.15) is 6.54 Å². The molecule has 1 N–H and O–H groups in total. The highest BCUT2D eigenvalue weighted by Crippen LogP contribution is 2.30. The van der Waals surface area contributed by atoms with Gasteiger partial charge in [-0.15, -0.1) is 0 Å². The Morgan fingerprint density at radius 2 is 1.74 bits per heavy atom. The van der Waals surface area contributed by atoms with Crippen LogP contribution in [0, 0.1) is 6.92 Å². The average molecular weight is 420 g/mol. The first-order valence-corrected chi connectivity index (χ1v) is 10.5. The van der Waals surface area contributed by atoms with Crippen molar-refractivity contribution in [2.45, 2.75) is 13.5 Å². The van der Waals surface area contributed by atoms with E-state index in [4.69, 9.17) is 9.84 Å². The summed E-state index contributed by atoms with van der Waals surface area (Å²) in [5.74, 6) is 0.791. The maximum absolute atomic E-state index is 12.7. The molecule has 7 heteroatoms. The summed E-state index contributed by atoms with van der Waals surface area (Å²) in [6.45, 7) is 5.18. The number of carbonyl (C=O) groups excluding carboxylic acids is 1. The lowest BCUT2D eigenvalue weighted by molar-refractivity contribution is -0.116. The highest BCUT2D eigenvalue weighted by Gasteiger charge is 2.20. The third kappa shape index (κ3) is 5.06. The minimum absolute atomic E-state index is 0.107. The van der Waals surface area contributed by atoms with Crippen molar-refractivity contribution in [1.82, 2.24) is 9.78 Å². The van der Waals surface area contributed by atoms with Gasteiger partial charge >= 0.3 is 0 Å². The molecule has 31 heavy (non-hydrogen) atoms. The van der Waals surface area contributed by atoms with Crippen LogP contribution in [0.4, 0.5) is 17.2 Å². The Labute approximate surface area is 183 Å². The molecule has 2 heterocycles. The van der Waals surface area contributed by atoms with Crippen molar-refractivity contribution in [3.8, 4) is 11.1 Å². The van der Waals surface area contributed by atoms with Crippen LogP contribution in [0.5, 0.6) is 0 Å². The van der Waals surface area contributed by atoms with E-state index in [0.29, 0.717) is 13.2 Å². The molecule has 1 aliphatic rings. The number of anilines is 3. The van der Waals surface area contributed by atoms with Crippen molar-refractivity contribution in [3.05, 3.63) is 60.3 Å². The van der Waals surface area contributed by atoms with E-state index >= 15 is 0 Å². The molecule has 7 nitrogen and oxygen atoms in total. The van der Waals surface area contributed by atoms with Crippen LogP contribution in [0.1, 0.15) is 5.56 Å². The molecular formula is C24H29N5O2. The minimum atomic E-state index is -0.107. The quantitative estimate of drug-likeness (QED) is 0.664. The van der Waals surface area contributed by atoms with E-state index in [9.17, 15) is 4.79 Å². The largest absolute Gasteiger partial charge is 0.378 e. The lowest BCUT2D eigenvalue weighted by atomic mass is 10.1. The highest BCUT2D eigenvalue weighted by atomic mass is 16.5. The van der Waals surface area contributed by atoms with Gasteiger partial charge in [0.05, 0.1) is 13.2 Å².